The minimum Gasteiger partial charge on any atom is -0.345 e. The normalized spacial score (nSPS) is 10.7. The number of carbonyl (C=O) groups is 1. The Kier molecular flexibility index (Phi) is 2.39. The van der Waals surface area contributed by atoms with E-state index in [4.69, 9.17) is 23.2 Å². The fourth-order valence-electron chi connectivity index (χ4n) is 1.22. The molecule has 0 aromatic carbocycles. The lowest BCUT2D eigenvalue weighted by atomic mass is 10.2. The summed E-state index contributed by atoms with van der Waals surface area (Å²) in [7, 11) is 0. The van der Waals surface area contributed by atoms with E-state index < -0.39 is 0 Å². The summed E-state index contributed by atoms with van der Waals surface area (Å²) < 4.78 is 0. The van der Waals surface area contributed by atoms with Crippen molar-refractivity contribution in [1.82, 2.24) is 15.0 Å². The number of fused-ring (bicyclic) bond motifs is 1. The van der Waals surface area contributed by atoms with Crippen LogP contribution in [-0.4, -0.2) is 26.6 Å². The minimum absolute atomic E-state index is 0.0851. The molecule has 14 heavy (non-hydrogen) atoms. The van der Waals surface area contributed by atoms with Crippen molar-refractivity contribution in [2.24, 2.45) is 0 Å². The van der Waals surface area contributed by atoms with Crippen LogP contribution in [0.5, 0.6) is 0 Å². The van der Waals surface area contributed by atoms with Gasteiger partial charge in [0, 0.05) is 11.8 Å². The van der Waals surface area contributed by atoms with Crippen LogP contribution < -0.4 is 0 Å². The molecule has 72 valence electrons. The molecule has 0 fully saturated rings. The van der Waals surface area contributed by atoms with Crippen LogP contribution in [0.15, 0.2) is 12.5 Å². The molecular formula is C8H5Cl2N3O. The molecule has 2 aromatic rings. The topological polar surface area (TPSA) is 58.6 Å². The second-order valence-electron chi connectivity index (χ2n) is 2.65. The van der Waals surface area contributed by atoms with Gasteiger partial charge in [-0.1, -0.05) is 11.6 Å². The standard InChI is InChI=1S/C8H5Cl2N3O/c9-1-5(14)4-2-11-8-6(4)7(10)12-3-13-8/h2-3H,1H2,(H,11,12,13). The molecule has 4 nitrogen and oxygen atoms in total. The SMILES string of the molecule is O=C(CCl)c1c[nH]c2ncnc(Cl)c12. The summed E-state index contributed by atoms with van der Waals surface area (Å²) in [6.07, 6.45) is 2.87. The van der Waals surface area contributed by atoms with Crippen molar-refractivity contribution < 1.29 is 4.79 Å². The third kappa shape index (κ3) is 1.36. The number of hydrogen-bond acceptors (Lipinski definition) is 3. The summed E-state index contributed by atoms with van der Waals surface area (Å²) >= 11 is 11.3. The maximum atomic E-state index is 11.4. The monoisotopic (exact) mass is 229 g/mol. The van der Waals surface area contributed by atoms with Gasteiger partial charge in [0.2, 0.25) is 0 Å². The second-order valence-corrected chi connectivity index (χ2v) is 3.27. The molecule has 0 saturated carbocycles. The number of nitrogens with zero attached hydrogens (tertiary/aromatic N) is 2. The highest BCUT2D eigenvalue weighted by Crippen LogP contribution is 2.23. The lowest BCUT2D eigenvalue weighted by Gasteiger charge is -1.95. The van der Waals surface area contributed by atoms with Crippen LogP contribution in [0.2, 0.25) is 5.15 Å². The smallest absolute Gasteiger partial charge is 0.179 e. The van der Waals surface area contributed by atoms with Gasteiger partial charge in [0.05, 0.1) is 11.3 Å². The van der Waals surface area contributed by atoms with E-state index in [-0.39, 0.29) is 16.8 Å². The number of H-pyrrole nitrogens is 1. The number of nitrogens with one attached hydrogen (secondary N) is 1. The largest absolute Gasteiger partial charge is 0.345 e. The Morgan fingerprint density at radius 1 is 1.50 bits per heavy atom. The van der Waals surface area contributed by atoms with E-state index in [2.05, 4.69) is 15.0 Å². The van der Waals surface area contributed by atoms with Crippen LogP contribution in [0, 0.1) is 0 Å². The number of halogens is 2. The number of alkyl halides is 1. The summed E-state index contributed by atoms with van der Waals surface area (Å²) in [5.74, 6) is -0.285. The number of ketones is 1. The molecule has 0 aliphatic carbocycles. The maximum Gasteiger partial charge on any atom is 0.179 e. The Labute approximate surface area is 89.3 Å². The molecule has 0 atom stereocenters. The Balaban J connectivity index is 2.73. The first-order valence-corrected chi connectivity index (χ1v) is 4.72. The van der Waals surface area contributed by atoms with E-state index in [0.29, 0.717) is 16.6 Å². The summed E-state index contributed by atoms with van der Waals surface area (Å²) in [5.41, 5.74) is 0.971. The predicted molar refractivity (Wildman–Crippen MR) is 53.9 cm³/mol. The Bertz CT molecular complexity index is 494. The van der Waals surface area contributed by atoms with Crippen molar-refractivity contribution in [3.8, 4) is 0 Å². The van der Waals surface area contributed by atoms with Gasteiger partial charge in [-0.05, 0) is 0 Å². The number of aromatic amines is 1. The van der Waals surface area contributed by atoms with Crippen molar-refractivity contribution in [2.75, 3.05) is 5.88 Å². The average molecular weight is 230 g/mol. The number of aromatic nitrogens is 3. The molecule has 0 unspecified atom stereocenters. The van der Waals surface area contributed by atoms with Crippen LogP contribution in [-0.2, 0) is 0 Å². The first-order chi connectivity index (χ1) is 6.74. The molecule has 0 saturated heterocycles. The van der Waals surface area contributed by atoms with Gasteiger partial charge >= 0.3 is 0 Å². The lowest BCUT2D eigenvalue weighted by molar-refractivity contribution is 0.102. The van der Waals surface area contributed by atoms with Gasteiger partial charge in [0.25, 0.3) is 0 Å². The van der Waals surface area contributed by atoms with Crippen molar-refractivity contribution in [1.29, 1.82) is 0 Å². The number of carbonyl (C=O) groups excluding carboxylic acids is 1. The van der Waals surface area contributed by atoms with Gasteiger partial charge < -0.3 is 4.98 Å². The molecule has 6 heteroatoms. The van der Waals surface area contributed by atoms with Gasteiger partial charge in [-0.25, -0.2) is 9.97 Å². The van der Waals surface area contributed by atoms with Crippen molar-refractivity contribution in [3.63, 3.8) is 0 Å². The molecule has 0 amide bonds. The molecular weight excluding hydrogens is 225 g/mol. The third-order valence-corrected chi connectivity index (χ3v) is 2.37. The van der Waals surface area contributed by atoms with Gasteiger partial charge in [-0.3, -0.25) is 4.79 Å². The van der Waals surface area contributed by atoms with Gasteiger partial charge in [0.1, 0.15) is 17.1 Å². The second kappa shape index (κ2) is 3.55. The molecule has 0 bridgehead atoms. The molecule has 0 radical (unpaired) electrons. The number of hydrogen-bond donors (Lipinski definition) is 1. The Hall–Kier alpha value is -1.13. The average Bonchev–Trinajstić information content (AvgIpc) is 2.62. The zero-order valence-electron chi connectivity index (χ0n) is 6.92. The lowest BCUT2D eigenvalue weighted by Crippen LogP contribution is -1.99. The summed E-state index contributed by atoms with van der Waals surface area (Å²) in [4.78, 5) is 21.9. The molecule has 1 N–H and O–H groups in total. The number of Topliss-reactive ketones (excluding diaryl/α,β-unsaturated/α-hetero) is 1. The molecule has 0 aliphatic rings. The van der Waals surface area contributed by atoms with Crippen LogP contribution in [0.3, 0.4) is 0 Å². The number of rotatable bonds is 2. The Morgan fingerprint density at radius 3 is 3.00 bits per heavy atom. The highest BCUT2D eigenvalue weighted by Gasteiger charge is 2.14. The zero-order chi connectivity index (χ0) is 10.1. The Morgan fingerprint density at radius 2 is 2.29 bits per heavy atom. The van der Waals surface area contributed by atoms with E-state index in [0.717, 1.165) is 0 Å². The summed E-state index contributed by atoms with van der Waals surface area (Å²) in [6.45, 7) is 0. The third-order valence-electron chi connectivity index (χ3n) is 1.85. The van der Waals surface area contributed by atoms with Gasteiger partial charge in [-0.2, -0.15) is 0 Å². The van der Waals surface area contributed by atoms with Crippen molar-refractivity contribution >= 4 is 40.0 Å². The van der Waals surface area contributed by atoms with E-state index >= 15 is 0 Å². The van der Waals surface area contributed by atoms with Crippen LogP contribution in [0.4, 0.5) is 0 Å². The molecule has 0 spiro atoms. The van der Waals surface area contributed by atoms with Crippen LogP contribution in [0.25, 0.3) is 11.0 Å². The van der Waals surface area contributed by atoms with Gasteiger partial charge in [0.15, 0.2) is 5.78 Å². The van der Waals surface area contributed by atoms with Crippen molar-refractivity contribution in [2.45, 2.75) is 0 Å². The maximum absolute atomic E-state index is 11.4. The molecule has 2 heterocycles. The molecule has 2 rings (SSSR count). The van der Waals surface area contributed by atoms with E-state index in [9.17, 15) is 4.79 Å². The quantitative estimate of drug-likeness (QED) is 0.487. The van der Waals surface area contributed by atoms with Crippen LogP contribution in [0.1, 0.15) is 10.4 Å². The van der Waals surface area contributed by atoms with E-state index in [1.807, 2.05) is 0 Å². The van der Waals surface area contributed by atoms with Crippen LogP contribution >= 0.6 is 23.2 Å². The van der Waals surface area contributed by atoms with E-state index in [1.54, 1.807) is 0 Å². The summed E-state index contributed by atoms with van der Waals surface area (Å²) in [5, 5.41) is 0.782. The van der Waals surface area contributed by atoms with E-state index in [1.165, 1.54) is 12.5 Å². The predicted octanol–water partition coefficient (Wildman–Crippen LogP) is 2.03. The van der Waals surface area contributed by atoms with Gasteiger partial charge in [-0.15, -0.1) is 11.6 Å². The first kappa shape index (κ1) is 9.43. The zero-order valence-corrected chi connectivity index (χ0v) is 8.43. The molecule has 2 aromatic heterocycles. The summed E-state index contributed by atoms with van der Waals surface area (Å²) in [6, 6.07) is 0. The van der Waals surface area contributed by atoms with Crippen molar-refractivity contribution in [3.05, 3.63) is 23.2 Å². The molecule has 0 aliphatic heterocycles. The fraction of sp³-hybridized carbons (Fsp3) is 0.125. The highest BCUT2D eigenvalue weighted by atomic mass is 35.5. The first-order valence-electron chi connectivity index (χ1n) is 3.80. The highest BCUT2D eigenvalue weighted by molar-refractivity contribution is 6.37. The minimum atomic E-state index is -0.199. The fourth-order valence-corrected chi connectivity index (χ4v) is 1.60.